The van der Waals surface area contributed by atoms with E-state index in [4.69, 9.17) is 11.6 Å². The molecule has 0 aliphatic carbocycles. The fourth-order valence-electron chi connectivity index (χ4n) is 4.08. The first-order valence-corrected chi connectivity index (χ1v) is 10.5. The number of nitrogens with one attached hydrogen (secondary N) is 1. The molecule has 1 aliphatic rings. The second-order valence-electron chi connectivity index (χ2n) is 8.23. The standard InChI is InChI=1S/C23H28ClF3N2O/c1-14-4-7-21(16(3)19(14)12-29-9-8-17(11-29)13-30)28-22(23(25,26)27)18-5-6-20(24)15(2)10-18/h4-7,10,17,22,28,30H,8-9,11-13H2,1-3H3. The van der Waals surface area contributed by atoms with Crippen LogP contribution in [0.5, 0.6) is 0 Å². The topological polar surface area (TPSA) is 35.5 Å². The molecule has 0 amide bonds. The van der Waals surface area contributed by atoms with Crippen LogP contribution in [0, 0.1) is 26.7 Å². The van der Waals surface area contributed by atoms with Crippen LogP contribution >= 0.6 is 11.6 Å². The third-order valence-corrected chi connectivity index (χ3v) is 6.41. The molecule has 1 aliphatic heterocycles. The molecule has 1 heterocycles. The van der Waals surface area contributed by atoms with Gasteiger partial charge in [0, 0.05) is 30.4 Å². The molecule has 7 heteroatoms. The number of nitrogens with zero attached hydrogens (tertiary/aromatic N) is 1. The fraction of sp³-hybridized carbons (Fsp3) is 0.478. The number of anilines is 1. The summed E-state index contributed by atoms with van der Waals surface area (Å²) in [7, 11) is 0. The average molecular weight is 441 g/mol. The minimum absolute atomic E-state index is 0.135. The zero-order chi connectivity index (χ0) is 22.1. The highest BCUT2D eigenvalue weighted by molar-refractivity contribution is 6.31. The van der Waals surface area contributed by atoms with E-state index in [1.165, 1.54) is 18.2 Å². The van der Waals surface area contributed by atoms with Crippen molar-refractivity contribution in [3.8, 4) is 0 Å². The summed E-state index contributed by atoms with van der Waals surface area (Å²) in [5.41, 5.74) is 4.13. The summed E-state index contributed by atoms with van der Waals surface area (Å²) in [5, 5.41) is 12.6. The van der Waals surface area contributed by atoms with Crippen molar-refractivity contribution in [1.82, 2.24) is 4.90 Å². The zero-order valence-electron chi connectivity index (χ0n) is 17.5. The Bertz CT molecular complexity index is 901. The van der Waals surface area contributed by atoms with Crippen LogP contribution in [0.2, 0.25) is 5.02 Å². The van der Waals surface area contributed by atoms with Gasteiger partial charge in [0.05, 0.1) is 0 Å². The Labute approximate surface area is 180 Å². The summed E-state index contributed by atoms with van der Waals surface area (Å²) >= 11 is 6.00. The fourth-order valence-corrected chi connectivity index (χ4v) is 4.20. The predicted molar refractivity (Wildman–Crippen MR) is 115 cm³/mol. The Morgan fingerprint density at radius 3 is 2.50 bits per heavy atom. The number of alkyl halides is 3. The van der Waals surface area contributed by atoms with Crippen molar-refractivity contribution in [1.29, 1.82) is 0 Å². The lowest BCUT2D eigenvalue weighted by molar-refractivity contribution is -0.144. The lowest BCUT2D eigenvalue weighted by Gasteiger charge is -2.26. The number of aliphatic hydroxyl groups excluding tert-OH is 1. The van der Waals surface area contributed by atoms with Gasteiger partial charge in [0.1, 0.15) is 6.04 Å². The second-order valence-corrected chi connectivity index (χ2v) is 8.64. The summed E-state index contributed by atoms with van der Waals surface area (Å²) in [6.45, 7) is 8.08. The van der Waals surface area contributed by atoms with Crippen LogP contribution in [0.4, 0.5) is 18.9 Å². The van der Waals surface area contributed by atoms with Crippen molar-refractivity contribution in [2.75, 3.05) is 25.0 Å². The molecule has 0 aromatic heterocycles. The van der Waals surface area contributed by atoms with Crippen LogP contribution in [0.3, 0.4) is 0 Å². The number of benzene rings is 2. The molecule has 2 N–H and O–H groups in total. The van der Waals surface area contributed by atoms with Crippen molar-refractivity contribution >= 4 is 17.3 Å². The molecule has 0 bridgehead atoms. The van der Waals surface area contributed by atoms with Gasteiger partial charge >= 0.3 is 6.18 Å². The highest BCUT2D eigenvalue weighted by Gasteiger charge is 2.41. The molecule has 0 radical (unpaired) electrons. The second kappa shape index (κ2) is 9.16. The van der Waals surface area contributed by atoms with Crippen LogP contribution in [0.15, 0.2) is 30.3 Å². The van der Waals surface area contributed by atoms with Crippen LogP contribution in [0.25, 0.3) is 0 Å². The van der Waals surface area contributed by atoms with E-state index in [1.54, 1.807) is 13.0 Å². The van der Waals surface area contributed by atoms with E-state index in [0.29, 0.717) is 22.8 Å². The molecule has 0 saturated carbocycles. The number of aryl methyl sites for hydroxylation is 2. The Balaban J connectivity index is 1.89. The van der Waals surface area contributed by atoms with E-state index >= 15 is 0 Å². The Hall–Kier alpha value is -1.76. The number of rotatable bonds is 6. The number of hydrogen-bond acceptors (Lipinski definition) is 3. The number of hydrogen-bond donors (Lipinski definition) is 2. The van der Waals surface area contributed by atoms with Crippen molar-refractivity contribution in [2.24, 2.45) is 5.92 Å². The molecule has 3 nitrogen and oxygen atoms in total. The van der Waals surface area contributed by atoms with Gasteiger partial charge in [0.25, 0.3) is 0 Å². The van der Waals surface area contributed by atoms with E-state index in [2.05, 4.69) is 10.2 Å². The first kappa shape index (κ1) is 22.9. The first-order chi connectivity index (χ1) is 14.1. The van der Waals surface area contributed by atoms with E-state index in [0.717, 1.165) is 36.2 Å². The van der Waals surface area contributed by atoms with Gasteiger partial charge in [-0.2, -0.15) is 13.2 Å². The van der Waals surface area contributed by atoms with Crippen LogP contribution in [-0.4, -0.2) is 35.9 Å². The summed E-state index contributed by atoms with van der Waals surface area (Å²) < 4.78 is 41.8. The minimum Gasteiger partial charge on any atom is -0.396 e. The van der Waals surface area contributed by atoms with Gasteiger partial charge in [-0.1, -0.05) is 29.8 Å². The monoisotopic (exact) mass is 440 g/mol. The molecule has 1 saturated heterocycles. The van der Waals surface area contributed by atoms with E-state index in [9.17, 15) is 18.3 Å². The van der Waals surface area contributed by atoms with Gasteiger partial charge in [-0.05, 0) is 79.6 Å². The number of likely N-dealkylation sites (tertiary alicyclic amines) is 1. The van der Waals surface area contributed by atoms with Crippen LogP contribution < -0.4 is 5.32 Å². The zero-order valence-corrected chi connectivity index (χ0v) is 18.2. The van der Waals surface area contributed by atoms with E-state index in [1.807, 2.05) is 19.9 Å². The molecule has 30 heavy (non-hydrogen) atoms. The number of halogens is 4. The maximum absolute atomic E-state index is 13.9. The lowest BCUT2D eigenvalue weighted by atomic mass is 9.98. The highest BCUT2D eigenvalue weighted by Crippen LogP contribution is 2.38. The Morgan fingerprint density at radius 1 is 1.17 bits per heavy atom. The highest BCUT2D eigenvalue weighted by atomic mass is 35.5. The van der Waals surface area contributed by atoms with Gasteiger partial charge in [0.15, 0.2) is 0 Å². The summed E-state index contributed by atoms with van der Waals surface area (Å²) in [6, 6.07) is 6.17. The minimum atomic E-state index is -4.46. The van der Waals surface area contributed by atoms with Gasteiger partial charge in [-0.3, -0.25) is 4.90 Å². The van der Waals surface area contributed by atoms with Crippen molar-refractivity contribution in [2.45, 2.75) is 46.0 Å². The SMILES string of the molecule is Cc1cc(C(Nc2ccc(C)c(CN3CCC(CO)C3)c2C)C(F)(F)F)ccc1Cl. The van der Waals surface area contributed by atoms with Gasteiger partial charge < -0.3 is 10.4 Å². The van der Waals surface area contributed by atoms with Crippen molar-refractivity contribution in [3.63, 3.8) is 0 Å². The first-order valence-electron chi connectivity index (χ1n) is 10.1. The molecule has 2 atom stereocenters. The van der Waals surface area contributed by atoms with Gasteiger partial charge in [-0.15, -0.1) is 0 Å². The lowest BCUT2D eigenvalue weighted by Crippen LogP contribution is -2.28. The Kier molecular flexibility index (Phi) is 7.00. The molecule has 3 rings (SSSR count). The van der Waals surface area contributed by atoms with Gasteiger partial charge in [0.2, 0.25) is 0 Å². The molecule has 2 aromatic rings. The average Bonchev–Trinajstić information content (AvgIpc) is 3.14. The summed E-state index contributed by atoms with van der Waals surface area (Å²) in [4.78, 5) is 2.25. The quantitative estimate of drug-likeness (QED) is 0.596. The van der Waals surface area contributed by atoms with Gasteiger partial charge in [-0.25, -0.2) is 0 Å². The van der Waals surface area contributed by atoms with E-state index < -0.39 is 12.2 Å². The van der Waals surface area contributed by atoms with E-state index in [-0.39, 0.29) is 18.1 Å². The molecule has 2 unspecified atom stereocenters. The maximum atomic E-state index is 13.9. The molecule has 164 valence electrons. The number of aliphatic hydroxyl groups is 1. The summed E-state index contributed by atoms with van der Waals surface area (Å²) in [6.07, 6.45) is -3.51. The van der Waals surface area contributed by atoms with Crippen LogP contribution in [-0.2, 0) is 6.54 Å². The Morgan fingerprint density at radius 2 is 1.90 bits per heavy atom. The van der Waals surface area contributed by atoms with Crippen molar-refractivity contribution < 1.29 is 18.3 Å². The van der Waals surface area contributed by atoms with Crippen molar-refractivity contribution in [3.05, 3.63) is 63.2 Å². The molecule has 0 spiro atoms. The molecule has 2 aromatic carbocycles. The maximum Gasteiger partial charge on any atom is 0.412 e. The largest absolute Gasteiger partial charge is 0.412 e. The summed E-state index contributed by atoms with van der Waals surface area (Å²) in [5.74, 6) is 0.273. The predicted octanol–water partition coefficient (Wildman–Crippen LogP) is 5.79. The third kappa shape index (κ3) is 5.10. The smallest absolute Gasteiger partial charge is 0.396 e. The normalized spacial score (nSPS) is 18.6. The molecular weight excluding hydrogens is 413 g/mol. The molecule has 1 fully saturated rings. The third-order valence-electron chi connectivity index (χ3n) is 5.99. The van der Waals surface area contributed by atoms with Crippen LogP contribution in [0.1, 0.15) is 40.3 Å². The molecular formula is C23H28ClF3N2O.